The molecule has 1 fully saturated rings. The fourth-order valence-electron chi connectivity index (χ4n) is 4.05. The summed E-state index contributed by atoms with van der Waals surface area (Å²) in [6.45, 7) is 4.53. The molecule has 2 aromatic carbocycles. The molecule has 3 amide bonds. The van der Waals surface area contributed by atoms with Crippen molar-refractivity contribution in [3.63, 3.8) is 0 Å². The van der Waals surface area contributed by atoms with Crippen LogP contribution in [0.25, 0.3) is 0 Å². The molecule has 178 valence electrons. The molecule has 1 atom stereocenters. The van der Waals surface area contributed by atoms with Crippen molar-refractivity contribution in [2.45, 2.75) is 19.4 Å². The van der Waals surface area contributed by atoms with E-state index in [-0.39, 0.29) is 11.9 Å². The van der Waals surface area contributed by atoms with E-state index in [9.17, 15) is 9.59 Å². The van der Waals surface area contributed by atoms with Crippen molar-refractivity contribution < 1.29 is 9.59 Å². The van der Waals surface area contributed by atoms with Crippen molar-refractivity contribution in [1.29, 1.82) is 5.26 Å². The number of rotatable bonds is 9. The number of nitrogens with zero attached hydrogens (tertiary/aromatic N) is 4. The first-order valence-electron chi connectivity index (χ1n) is 11.7. The Balaban J connectivity index is 1.40. The molecule has 1 aliphatic heterocycles. The minimum atomic E-state index is -0.561. The van der Waals surface area contributed by atoms with Crippen LogP contribution < -0.4 is 15.5 Å². The predicted molar refractivity (Wildman–Crippen MR) is 135 cm³/mol. The summed E-state index contributed by atoms with van der Waals surface area (Å²) in [4.78, 5) is 33.5. The van der Waals surface area contributed by atoms with Gasteiger partial charge >= 0.3 is 6.03 Å². The van der Waals surface area contributed by atoms with Crippen LogP contribution in [0.15, 0.2) is 72.9 Å². The summed E-state index contributed by atoms with van der Waals surface area (Å²) in [6.07, 6.45) is 2.33. The molecule has 0 radical (unpaired) electrons. The average molecular weight is 469 g/mol. The molecule has 0 unspecified atom stereocenters. The zero-order valence-corrected chi connectivity index (χ0v) is 19.6. The summed E-state index contributed by atoms with van der Waals surface area (Å²) in [7, 11) is 0. The number of nitriles is 1. The lowest BCUT2D eigenvalue weighted by Crippen LogP contribution is -2.34. The normalized spacial score (nSPS) is 14.0. The van der Waals surface area contributed by atoms with Gasteiger partial charge in [-0.05, 0) is 48.7 Å². The van der Waals surface area contributed by atoms with Gasteiger partial charge in [0.05, 0.1) is 23.5 Å². The van der Waals surface area contributed by atoms with Gasteiger partial charge in [0.2, 0.25) is 5.91 Å². The summed E-state index contributed by atoms with van der Waals surface area (Å²) in [5.41, 5.74) is 3.27. The first-order chi connectivity index (χ1) is 17.1. The molecule has 1 aliphatic rings. The molecule has 0 spiro atoms. The molecule has 8 nitrogen and oxygen atoms in total. The highest BCUT2D eigenvalue weighted by atomic mass is 16.2. The average Bonchev–Trinajstić information content (AvgIpc) is 3.28. The van der Waals surface area contributed by atoms with Crippen LogP contribution in [-0.2, 0) is 11.2 Å². The van der Waals surface area contributed by atoms with Crippen LogP contribution in [0.1, 0.15) is 29.7 Å². The van der Waals surface area contributed by atoms with E-state index < -0.39 is 6.04 Å². The first kappa shape index (κ1) is 23.9. The molecule has 1 saturated heterocycles. The molecule has 2 N–H and O–H groups in total. The zero-order chi connectivity index (χ0) is 24.6. The number of hydrogen-bond donors (Lipinski definition) is 2. The van der Waals surface area contributed by atoms with Gasteiger partial charge in [-0.2, -0.15) is 5.26 Å². The van der Waals surface area contributed by atoms with Crippen LogP contribution in [0.2, 0.25) is 0 Å². The Hall–Kier alpha value is -4.22. The Bertz CT molecular complexity index is 1190. The van der Waals surface area contributed by atoms with E-state index in [1.807, 2.05) is 49.4 Å². The highest BCUT2D eigenvalue weighted by molar-refractivity contribution is 5.96. The largest absolute Gasteiger partial charge is 0.324 e. The first-order valence-corrected chi connectivity index (χ1v) is 11.7. The molecule has 0 aliphatic carbocycles. The third kappa shape index (κ3) is 5.83. The third-order valence-corrected chi connectivity index (χ3v) is 6.03. The SMILES string of the molecule is CCN1CCN(c2ccc(NC(=O)[C@@H](NCCc3ccc(C#N)cc3)c3ccccc3)nc2)C1=O. The quantitative estimate of drug-likeness (QED) is 0.498. The molecule has 8 heteroatoms. The van der Waals surface area contributed by atoms with Crippen molar-refractivity contribution in [2.75, 3.05) is 36.4 Å². The second kappa shape index (κ2) is 11.3. The maximum atomic E-state index is 13.2. The second-order valence-electron chi connectivity index (χ2n) is 8.26. The maximum absolute atomic E-state index is 13.2. The number of anilines is 2. The number of carbonyl (C=O) groups excluding carboxylic acids is 2. The topological polar surface area (TPSA) is 101 Å². The molecule has 0 saturated carbocycles. The summed E-state index contributed by atoms with van der Waals surface area (Å²) in [5, 5.41) is 15.2. The maximum Gasteiger partial charge on any atom is 0.324 e. The number of carbonyl (C=O) groups is 2. The number of likely N-dealkylation sites (N-methyl/N-ethyl adjacent to an activating group) is 1. The number of nitrogens with one attached hydrogen (secondary N) is 2. The molecule has 4 rings (SSSR count). The second-order valence-corrected chi connectivity index (χ2v) is 8.26. The minimum Gasteiger partial charge on any atom is -0.323 e. The molecule has 3 aromatic rings. The molecule has 0 bridgehead atoms. The van der Waals surface area contributed by atoms with Gasteiger partial charge in [-0.15, -0.1) is 0 Å². The Morgan fingerprint density at radius 1 is 1.09 bits per heavy atom. The van der Waals surface area contributed by atoms with Crippen molar-refractivity contribution in [3.8, 4) is 6.07 Å². The highest BCUT2D eigenvalue weighted by Gasteiger charge is 2.28. The predicted octanol–water partition coefficient (Wildman–Crippen LogP) is 3.73. The Morgan fingerprint density at radius 2 is 1.86 bits per heavy atom. The Labute approximate surface area is 205 Å². The van der Waals surface area contributed by atoms with Gasteiger partial charge < -0.3 is 15.5 Å². The Kier molecular flexibility index (Phi) is 7.70. The molecule has 2 heterocycles. The third-order valence-electron chi connectivity index (χ3n) is 6.03. The molecule has 35 heavy (non-hydrogen) atoms. The van der Waals surface area contributed by atoms with Crippen LogP contribution in [-0.4, -0.2) is 48.0 Å². The zero-order valence-electron chi connectivity index (χ0n) is 19.6. The van der Waals surface area contributed by atoms with Crippen LogP contribution in [0.3, 0.4) is 0 Å². The monoisotopic (exact) mass is 468 g/mol. The lowest BCUT2D eigenvalue weighted by atomic mass is 10.1. The van der Waals surface area contributed by atoms with E-state index in [0.29, 0.717) is 49.7 Å². The summed E-state index contributed by atoms with van der Waals surface area (Å²) >= 11 is 0. The van der Waals surface area contributed by atoms with Gasteiger partial charge in [0.15, 0.2) is 0 Å². The van der Waals surface area contributed by atoms with Gasteiger partial charge in [0, 0.05) is 26.2 Å². The van der Waals surface area contributed by atoms with E-state index >= 15 is 0 Å². The lowest BCUT2D eigenvalue weighted by molar-refractivity contribution is -0.118. The van der Waals surface area contributed by atoms with E-state index in [2.05, 4.69) is 21.7 Å². The van der Waals surface area contributed by atoms with E-state index in [4.69, 9.17) is 5.26 Å². The van der Waals surface area contributed by atoms with E-state index in [1.54, 1.807) is 40.3 Å². The van der Waals surface area contributed by atoms with Gasteiger partial charge in [0.1, 0.15) is 11.9 Å². The molecule has 1 aromatic heterocycles. The van der Waals surface area contributed by atoms with E-state index in [1.165, 1.54) is 0 Å². The van der Waals surface area contributed by atoms with Gasteiger partial charge in [-0.1, -0.05) is 42.5 Å². The van der Waals surface area contributed by atoms with Crippen LogP contribution in [0.4, 0.5) is 16.3 Å². The molecular weight excluding hydrogens is 440 g/mol. The fraction of sp³-hybridized carbons (Fsp3) is 0.259. The van der Waals surface area contributed by atoms with Gasteiger partial charge in [-0.3, -0.25) is 9.69 Å². The molecular formula is C27H28N6O2. The number of benzene rings is 2. The van der Waals surface area contributed by atoms with E-state index in [0.717, 1.165) is 11.1 Å². The van der Waals surface area contributed by atoms with Crippen molar-refractivity contribution in [3.05, 3.63) is 89.6 Å². The van der Waals surface area contributed by atoms with Gasteiger partial charge in [-0.25, -0.2) is 9.78 Å². The van der Waals surface area contributed by atoms with Crippen molar-refractivity contribution in [2.24, 2.45) is 0 Å². The van der Waals surface area contributed by atoms with Gasteiger partial charge in [0.25, 0.3) is 0 Å². The van der Waals surface area contributed by atoms with Crippen molar-refractivity contribution >= 4 is 23.4 Å². The highest BCUT2D eigenvalue weighted by Crippen LogP contribution is 2.21. The summed E-state index contributed by atoms with van der Waals surface area (Å²) < 4.78 is 0. The number of aromatic nitrogens is 1. The Morgan fingerprint density at radius 3 is 2.49 bits per heavy atom. The summed E-state index contributed by atoms with van der Waals surface area (Å²) in [5.74, 6) is 0.207. The van der Waals surface area contributed by atoms with Crippen LogP contribution in [0.5, 0.6) is 0 Å². The number of amides is 3. The van der Waals surface area contributed by atoms with Crippen molar-refractivity contribution in [1.82, 2.24) is 15.2 Å². The number of urea groups is 1. The number of pyridine rings is 1. The minimum absolute atomic E-state index is 0.0262. The number of hydrogen-bond acceptors (Lipinski definition) is 5. The van der Waals surface area contributed by atoms with Crippen LogP contribution in [0, 0.1) is 11.3 Å². The smallest absolute Gasteiger partial charge is 0.323 e. The summed E-state index contributed by atoms with van der Waals surface area (Å²) in [6, 6.07) is 22.0. The standard InChI is InChI=1S/C27H28N6O2/c1-2-32-16-17-33(27(32)35)23-12-13-24(30-19-23)31-26(34)25(22-6-4-3-5-7-22)29-15-14-20-8-10-21(18-28)11-9-20/h3-13,19,25,29H,2,14-17H2,1H3,(H,30,31,34)/t25-/m0/s1. The van der Waals surface area contributed by atoms with Crippen LogP contribution >= 0.6 is 0 Å². The fourth-order valence-corrected chi connectivity index (χ4v) is 4.05. The lowest BCUT2D eigenvalue weighted by Gasteiger charge is -2.20.